The summed E-state index contributed by atoms with van der Waals surface area (Å²) in [5.41, 5.74) is 2.58. The fourth-order valence-electron chi connectivity index (χ4n) is 2.20. The lowest BCUT2D eigenvalue weighted by Crippen LogP contribution is -2.38. The van der Waals surface area contributed by atoms with Crippen molar-refractivity contribution in [2.45, 2.75) is 18.9 Å². The minimum absolute atomic E-state index is 0.126. The van der Waals surface area contributed by atoms with E-state index in [2.05, 4.69) is 32.0 Å². The van der Waals surface area contributed by atoms with E-state index in [1.807, 2.05) is 6.07 Å². The van der Waals surface area contributed by atoms with Crippen molar-refractivity contribution >= 4 is 32.2 Å². The summed E-state index contributed by atoms with van der Waals surface area (Å²) in [5, 5.41) is 6.93. The van der Waals surface area contributed by atoms with E-state index in [-0.39, 0.29) is 12.1 Å². The van der Waals surface area contributed by atoms with Crippen molar-refractivity contribution in [2.75, 3.05) is 12.4 Å². The molecule has 0 bridgehead atoms. The van der Waals surface area contributed by atoms with E-state index in [1.54, 1.807) is 0 Å². The molecule has 0 spiro atoms. The predicted molar refractivity (Wildman–Crippen MR) is 74.1 cm³/mol. The third-order valence-corrected chi connectivity index (χ3v) is 3.72. The lowest BCUT2D eigenvalue weighted by Gasteiger charge is -2.14. The summed E-state index contributed by atoms with van der Waals surface area (Å²) in [6.07, 6.45) is 1.99. The first-order chi connectivity index (χ1) is 8.22. The van der Waals surface area contributed by atoms with Crippen molar-refractivity contribution in [1.82, 2.24) is 10.6 Å². The van der Waals surface area contributed by atoms with Crippen LogP contribution in [0.25, 0.3) is 0 Å². The topological polar surface area (TPSA) is 41.1 Å². The number of nitrogens with one attached hydrogen (secondary N) is 2. The Morgan fingerprint density at radius 3 is 3.12 bits per heavy atom. The van der Waals surface area contributed by atoms with Gasteiger partial charge >= 0.3 is 6.03 Å². The number of amides is 2. The first-order valence-corrected chi connectivity index (χ1v) is 6.81. The summed E-state index contributed by atoms with van der Waals surface area (Å²) >= 11 is 5.52. The molecule has 1 aliphatic rings. The molecule has 2 unspecified atom stereocenters. The van der Waals surface area contributed by atoms with Crippen LogP contribution in [0.5, 0.6) is 0 Å². The van der Waals surface area contributed by atoms with Crippen LogP contribution in [0.15, 0.2) is 18.2 Å². The number of fused-ring (bicyclic) bond motifs is 1. The Bertz CT molecular complexity index is 425. The molecular formula is C12H16ClN2OP. The number of halogens is 1. The van der Waals surface area contributed by atoms with Crippen LogP contribution in [0, 0.1) is 0 Å². The van der Waals surface area contributed by atoms with Crippen molar-refractivity contribution in [2.24, 2.45) is 0 Å². The zero-order valence-corrected chi connectivity index (χ0v) is 11.4. The number of hydrogen-bond donors (Lipinski definition) is 2. The average Bonchev–Trinajstić information content (AvgIpc) is 2.71. The molecule has 1 aliphatic carbocycles. The van der Waals surface area contributed by atoms with E-state index < -0.39 is 0 Å². The number of alkyl halides is 1. The molecule has 0 fully saturated rings. The molecule has 1 aromatic rings. The fourth-order valence-corrected chi connectivity index (χ4v) is 2.72. The minimum atomic E-state index is -0.141. The second kappa shape index (κ2) is 5.70. The Kier molecular flexibility index (Phi) is 4.25. The summed E-state index contributed by atoms with van der Waals surface area (Å²) in [7, 11) is 2.75. The monoisotopic (exact) mass is 270 g/mol. The van der Waals surface area contributed by atoms with Crippen molar-refractivity contribution in [3.8, 4) is 0 Å². The van der Waals surface area contributed by atoms with Gasteiger partial charge in [0.25, 0.3) is 0 Å². The number of hydrogen-bond acceptors (Lipinski definition) is 1. The van der Waals surface area contributed by atoms with Crippen LogP contribution < -0.4 is 15.9 Å². The van der Waals surface area contributed by atoms with Gasteiger partial charge in [0.2, 0.25) is 0 Å². The Morgan fingerprint density at radius 2 is 2.35 bits per heavy atom. The first kappa shape index (κ1) is 12.7. The summed E-state index contributed by atoms with van der Waals surface area (Å²) in [5.74, 6) is 0.435. The number of rotatable bonds is 3. The largest absolute Gasteiger partial charge is 0.337 e. The van der Waals surface area contributed by atoms with E-state index in [1.165, 1.54) is 16.4 Å². The maximum atomic E-state index is 11.6. The SMILES string of the molecule is O=C(NCCCl)NC1CCc2c(P)cccc21. The standard InChI is InChI=1S/C12H16ClN2OP/c13-6-7-14-12(16)15-10-5-4-9-8(10)2-1-3-11(9)17/h1-3,10H,4-7,17H2,(H2,14,15,16). The molecule has 0 aromatic heterocycles. The molecular weight excluding hydrogens is 255 g/mol. The van der Waals surface area contributed by atoms with Gasteiger partial charge in [0.15, 0.2) is 0 Å². The van der Waals surface area contributed by atoms with Crippen molar-refractivity contribution in [3.63, 3.8) is 0 Å². The highest BCUT2D eigenvalue weighted by Gasteiger charge is 2.24. The molecule has 92 valence electrons. The van der Waals surface area contributed by atoms with Crippen LogP contribution >= 0.6 is 20.8 Å². The highest BCUT2D eigenvalue weighted by molar-refractivity contribution is 7.27. The van der Waals surface area contributed by atoms with Crippen molar-refractivity contribution in [1.29, 1.82) is 0 Å². The molecule has 5 heteroatoms. The minimum Gasteiger partial charge on any atom is -0.337 e. The highest BCUT2D eigenvalue weighted by Crippen LogP contribution is 2.30. The maximum Gasteiger partial charge on any atom is 0.315 e. The van der Waals surface area contributed by atoms with E-state index >= 15 is 0 Å². The maximum absolute atomic E-state index is 11.6. The molecule has 3 nitrogen and oxygen atoms in total. The van der Waals surface area contributed by atoms with Gasteiger partial charge in [-0.1, -0.05) is 18.2 Å². The van der Waals surface area contributed by atoms with Gasteiger partial charge in [0.1, 0.15) is 0 Å². The van der Waals surface area contributed by atoms with Gasteiger partial charge in [-0.3, -0.25) is 0 Å². The predicted octanol–water partition coefficient (Wildman–Crippen LogP) is 1.71. The third-order valence-electron chi connectivity index (χ3n) is 2.99. The smallest absolute Gasteiger partial charge is 0.315 e. The molecule has 2 amide bonds. The number of carbonyl (C=O) groups excluding carboxylic acids is 1. The van der Waals surface area contributed by atoms with Gasteiger partial charge in [0.05, 0.1) is 6.04 Å². The number of carbonyl (C=O) groups is 1. The van der Waals surface area contributed by atoms with Gasteiger partial charge in [-0.05, 0) is 29.3 Å². The van der Waals surface area contributed by atoms with Gasteiger partial charge in [-0.15, -0.1) is 20.8 Å². The van der Waals surface area contributed by atoms with Crippen LogP contribution in [0.1, 0.15) is 23.6 Å². The molecule has 0 heterocycles. The van der Waals surface area contributed by atoms with Crippen LogP contribution in [-0.4, -0.2) is 18.5 Å². The highest BCUT2D eigenvalue weighted by atomic mass is 35.5. The summed E-state index contributed by atoms with van der Waals surface area (Å²) < 4.78 is 0. The van der Waals surface area contributed by atoms with Gasteiger partial charge in [0, 0.05) is 12.4 Å². The van der Waals surface area contributed by atoms with Crippen LogP contribution in [0.2, 0.25) is 0 Å². The second-order valence-electron chi connectivity index (χ2n) is 4.10. The Labute approximate surface area is 109 Å². The Morgan fingerprint density at radius 1 is 1.53 bits per heavy atom. The molecule has 2 N–H and O–H groups in total. The van der Waals surface area contributed by atoms with E-state index in [0.717, 1.165) is 12.8 Å². The van der Waals surface area contributed by atoms with Gasteiger partial charge < -0.3 is 10.6 Å². The molecule has 17 heavy (non-hydrogen) atoms. The summed E-state index contributed by atoms with van der Waals surface area (Å²) in [6, 6.07) is 6.18. The molecule has 2 rings (SSSR count). The second-order valence-corrected chi connectivity index (χ2v) is 5.10. The lowest BCUT2D eigenvalue weighted by molar-refractivity contribution is 0.237. The lowest BCUT2D eigenvalue weighted by atomic mass is 10.1. The van der Waals surface area contributed by atoms with E-state index in [4.69, 9.17) is 11.6 Å². The summed E-state index contributed by atoms with van der Waals surface area (Å²) in [6.45, 7) is 0.497. The van der Waals surface area contributed by atoms with Crippen molar-refractivity contribution in [3.05, 3.63) is 29.3 Å². The van der Waals surface area contributed by atoms with Crippen LogP contribution in [-0.2, 0) is 6.42 Å². The van der Waals surface area contributed by atoms with Crippen molar-refractivity contribution < 1.29 is 4.79 Å². The molecule has 1 aromatic carbocycles. The zero-order valence-electron chi connectivity index (χ0n) is 9.50. The third kappa shape index (κ3) is 2.91. The molecule has 0 saturated heterocycles. The fraction of sp³-hybridized carbons (Fsp3) is 0.417. The van der Waals surface area contributed by atoms with E-state index in [0.29, 0.717) is 12.4 Å². The Hall–Kier alpha value is -0.790. The quantitative estimate of drug-likeness (QED) is 0.637. The first-order valence-electron chi connectivity index (χ1n) is 5.70. The normalized spacial score (nSPS) is 17.6. The van der Waals surface area contributed by atoms with Gasteiger partial charge in [-0.2, -0.15) is 0 Å². The average molecular weight is 271 g/mol. The Balaban J connectivity index is 2.02. The van der Waals surface area contributed by atoms with Gasteiger partial charge in [-0.25, -0.2) is 4.79 Å². The van der Waals surface area contributed by atoms with Crippen LogP contribution in [0.4, 0.5) is 4.79 Å². The van der Waals surface area contributed by atoms with Crippen LogP contribution in [0.3, 0.4) is 0 Å². The molecule has 0 radical (unpaired) electrons. The molecule has 0 saturated carbocycles. The number of urea groups is 1. The molecule has 2 atom stereocenters. The number of benzene rings is 1. The van der Waals surface area contributed by atoms with E-state index in [9.17, 15) is 4.79 Å². The molecule has 0 aliphatic heterocycles. The zero-order chi connectivity index (χ0) is 12.3. The summed E-state index contributed by atoms with van der Waals surface area (Å²) in [4.78, 5) is 11.6.